The molecular formula is C16H22N2O2. The van der Waals surface area contributed by atoms with Crippen LogP contribution in [0.2, 0.25) is 0 Å². The third kappa shape index (κ3) is 2.69. The molecule has 2 rings (SSSR count). The molecule has 1 saturated heterocycles. The van der Waals surface area contributed by atoms with E-state index in [2.05, 4.69) is 5.32 Å². The fourth-order valence-corrected chi connectivity index (χ4v) is 2.49. The molecule has 0 spiro atoms. The molecule has 20 heavy (non-hydrogen) atoms. The number of nitrogens with one attached hydrogen (secondary N) is 1. The number of rotatable bonds is 4. The summed E-state index contributed by atoms with van der Waals surface area (Å²) >= 11 is 0. The Morgan fingerprint density at radius 1 is 1.25 bits per heavy atom. The van der Waals surface area contributed by atoms with Gasteiger partial charge in [-0.3, -0.25) is 9.59 Å². The van der Waals surface area contributed by atoms with E-state index in [1.54, 1.807) is 18.7 Å². The average Bonchev–Trinajstić information content (AvgIpc) is 2.46. The lowest BCUT2D eigenvalue weighted by atomic mass is 9.92. The van der Waals surface area contributed by atoms with E-state index in [4.69, 9.17) is 0 Å². The Bertz CT molecular complexity index is 500. The Morgan fingerprint density at radius 2 is 1.90 bits per heavy atom. The van der Waals surface area contributed by atoms with E-state index in [9.17, 15) is 9.59 Å². The third-order valence-corrected chi connectivity index (χ3v) is 4.17. The minimum atomic E-state index is -0.764. The number of carbonyl (C=O) groups excluding carboxylic acids is 2. The number of carbonyl (C=O) groups is 2. The van der Waals surface area contributed by atoms with Crippen molar-refractivity contribution in [2.24, 2.45) is 0 Å². The third-order valence-electron chi connectivity index (χ3n) is 4.17. The highest BCUT2D eigenvalue weighted by Crippen LogP contribution is 2.21. The summed E-state index contributed by atoms with van der Waals surface area (Å²) in [5, 5.41) is 2.84. The minimum absolute atomic E-state index is 0.0167. The minimum Gasteiger partial charge on any atom is -0.340 e. The van der Waals surface area contributed by atoms with Gasteiger partial charge < -0.3 is 10.2 Å². The van der Waals surface area contributed by atoms with Gasteiger partial charge in [-0.25, -0.2) is 0 Å². The Balaban J connectivity index is 2.12. The normalized spacial score (nSPS) is 26.6. The van der Waals surface area contributed by atoms with Crippen LogP contribution in [-0.4, -0.2) is 34.8 Å². The van der Waals surface area contributed by atoms with Gasteiger partial charge in [0.05, 0.1) is 0 Å². The van der Waals surface area contributed by atoms with Crippen LogP contribution in [0.5, 0.6) is 0 Å². The molecule has 108 valence electrons. The van der Waals surface area contributed by atoms with Crippen molar-refractivity contribution in [1.82, 2.24) is 10.2 Å². The van der Waals surface area contributed by atoms with E-state index in [1.165, 1.54) is 5.56 Å². The van der Waals surface area contributed by atoms with E-state index in [0.717, 1.165) is 6.42 Å². The molecule has 0 saturated carbocycles. The Hall–Kier alpha value is -1.84. The van der Waals surface area contributed by atoms with E-state index in [0.29, 0.717) is 13.0 Å². The quantitative estimate of drug-likeness (QED) is 0.909. The van der Waals surface area contributed by atoms with E-state index in [1.807, 2.05) is 37.3 Å². The molecule has 1 aromatic rings. The lowest BCUT2D eigenvalue weighted by Gasteiger charge is -2.43. The summed E-state index contributed by atoms with van der Waals surface area (Å²) in [6.07, 6.45) is 1.37. The first-order chi connectivity index (χ1) is 9.48. The highest BCUT2D eigenvalue weighted by molar-refractivity contribution is 5.99. The topological polar surface area (TPSA) is 49.4 Å². The molecule has 4 nitrogen and oxygen atoms in total. The Kier molecular flexibility index (Phi) is 4.12. The van der Waals surface area contributed by atoms with Gasteiger partial charge in [0, 0.05) is 6.54 Å². The van der Waals surface area contributed by atoms with Crippen molar-refractivity contribution in [3.63, 3.8) is 0 Å². The molecule has 2 amide bonds. The molecule has 1 aromatic carbocycles. The van der Waals surface area contributed by atoms with Crippen molar-refractivity contribution < 1.29 is 9.59 Å². The fourth-order valence-electron chi connectivity index (χ4n) is 2.49. The second-order valence-electron chi connectivity index (χ2n) is 5.59. The molecule has 0 aromatic heterocycles. The van der Waals surface area contributed by atoms with Crippen molar-refractivity contribution in [3.8, 4) is 0 Å². The molecule has 0 radical (unpaired) electrons. The van der Waals surface area contributed by atoms with Gasteiger partial charge in [-0.1, -0.05) is 37.3 Å². The lowest BCUT2D eigenvalue weighted by Crippen LogP contribution is -2.68. The standard InChI is InChI=1S/C16H22N2O2/c1-4-16(3)15(20)18(12(2)14(19)17-16)11-10-13-8-6-5-7-9-13/h5-9,12H,4,10-11H2,1-3H3,(H,17,19). The van der Waals surface area contributed by atoms with E-state index < -0.39 is 11.6 Å². The summed E-state index contributed by atoms with van der Waals surface area (Å²) in [5.41, 5.74) is 0.414. The SMILES string of the molecule is CCC1(C)NC(=O)C(C)N(CCc2ccccc2)C1=O. The van der Waals surface area contributed by atoms with E-state index in [-0.39, 0.29) is 11.8 Å². The van der Waals surface area contributed by atoms with Crippen LogP contribution in [0.15, 0.2) is 30.3 Å². The number of amides is 2. The van der Waals surface area contributed by atoms with Crippen molar-refractivity contribution in [2.75, 3.05) is 6.54 Å². The van der Waals surface area contributed by atoms with Crippen LogP contribution >= 0.6 is 0 Å². The maximum Gasteiger partial charge on any atom is 0.248 e. The molecule has 0 bridgehead atoms. The second-order valence-corrected chi connectivity index (χ2v) is 5.59. The van der Waals surface area contributed by atoms with Crippen LogP contribution in [-0.2, 0) is 16.0 Å². The van der Waals surface area contributed by atoms with Gasteiger partial charge in [0.15, 0.2) is 0 Å². The van der Waals surface area contributed by atoms with Gasteiger partial charge in [0.2, 0.25) is 11.8 Å². The first-order valence-corrected chi connectivity index (χ1v) is 7.15. The van der Waals surface area contributed by atoms with E-state index >= 15 is 0 Å². The first-order valence-electron chi connectivity index (χ1n) is 7.15. The van der Waals surface area contributed by atoms with Crippen LogP contribution in [0.3, 0.4) is 0 Å². The summed E-state index contributed by atoms with van der Waals surface area (Å²) in [7, 11) is 0. The molecular weight excluding hydrogens is 252 g/mol. The van der Waals surface area contributed by atoms with Crippen molar-refractivity contribution in [1.29, 1.82) is 0 Å². The first kappa shape index (κ1) is 14.6. The predicted octanol–water partition coefficient (Wildman–Crippen LogP) is 1.74. The summed E-state index contributed by atoms with van der Waals surface area (Å²) in [6.45, 7) is 6.08. The number of piperazine rings is 1. The smallest absolute Gasteiger partial charge is 0.248 e. The molecule has 1 fully saturated rings. The second kappa shape index (κ2) is 5.65. The zero-order valence-electron chi connectivity index (χ0n) is 12.3. The Morgan fingerprint density at radius 3 is 2.50 bits per heavy atom. The molecule has 1 heterocycles. The zero-order valence-corrected chi connectivity index (χ0v) is 12.3. The maximum atomic E-state index is 12.6. The number of benzene rings is 1. The van der Waals surface area contributed by atoms with Gasteiger partial charge >= 0.3 is 0 Å². The molecule has 1 aliphatic heterocycles. The summed E-state index contributed by atoms with van der Waals surface area (Å²) in [4.78, 5) is 26.3. The summed E-state index contributed by atoms with van der Waals surface area (Å²) in [5.74, 6) is -0.0509. The maximum absolute atomic E-state index is 12.6. The summed E-state index contributed by atoms with van der Waals surface area (Å²) in [6, 6.07) is 9.63. The molecule has 2 atom stereocenters. The van der Waals surface area contributed by atoms with Gasteiger partial charge in [0.1, 0.15) is 11.6 Å². The number of nitrogens with zero attached hydrogens (tertiary/aromatic N) is 1. The highest BCUT2D eigenvalue weighted by atomic mass is 16.2. The largest absolute Gasteiger partial charge is 0.340 e. The lowest BCUT2D eigenvalue weighted by molar-refractivity contribution is -0.153. The van der Waals surface area contributed by atoms with Crippen LogP contribution in [0, 0.1) is 0 Å². The van der Waals surface area contributed by atoms with Gasteiger partial charge in [-0.15, -0.1) is 0 Å². The molecule has 2 unspecified atom stereocenters. The van der Waals surface area contributed by atoms with Gasteiger partial charge in [0.25, 0.3) is 0 Å². The monoisotopic (exact) mass is 274 g/mol. The van der Waals surface area contributed by atoms with Crippen LogP contribution in [0.1, 0.15) is 32.8 Å². The highest BCUT2D eigenvalue weighted by Gasteiger charge is 2.44. The van der Waals surface area contributed by atoms with Crippen LogP contribution < -0.4 is 5.32 Å². The van der Waals surface area contributed by atoms with Crippen molar-refractivity contribution in [3.05, 3.63) is 35.9 Å². The molecule has 1 N–H and O–H groups in total. The van der Waals surface area contributed by atoms with Crippen LogP contribution in [0.25, 0.3) is 0 Å². The summed E-state index contributed by atoms with van der Waals surface area (Å²) < 4.78 is 0. The predicted molar refractivity (Wildman–Crippen MR) is 78.2 cm³/mol. The zero-order chi connectivity index (χ0) is 14.8. The number of hydrogen-bond acceptors (Lipinski definition) is 2. The van der Waals surface area contributed by atoms with Crippen molar-refractivity contribution >= 4 is 11.8 Å². The molecule has 4 heteroatoms. The Labute approximate surface area is 120 Å². The van der Waals surface area contributed by atoms with Crippen LogP contribution in [0.4, 0.5) is 0 Å². The average molecular weight is 274 g/mol. The fraction of sp³-hybridized carbons (Fsp3) is 0.500. The number of hydrogen-bond donors (Lipinski definition) is 1. The van der Waals surface area contributed by atoms with Gasteiger partial charge in [-0.2, -0.15) is 0 Å². The van der Waals surface area contributed by atoms with Gasteiger partial charge in [-0.05, 0) is 32.3 Å². The molecule has 1 aliphatic rings. The van der Waals surface area contributed by atoms with Crippen molar-refractivity contribution in [2.45, 2.75) is 45.2 Å². The molecule has 0 aliphatic carbocycles.